The lowest BCUT2D eigenvalue weighted by atomic mass is 10.0. The molecule has 19 heavy (non-hydrogen) atoms. The van der Waals surface area contributed by atoms with Gasteiger partial charge in [-0.15, -0.1) is 11.8 Å². The zero-order valence-electron chi connectivity index (χ0n) is 10.9. The third kappa shape index (κ3) is 3.50. The van der Waals surface area contributed by atoms with Crippen molar-refractivity contribution in [3.05, 3.63) is 23.8 Å². The lowest BCUT2D eigenvalue weighted by Gasteiger charge is -2.28. The van der Waals surface area contributed by atoms with Gasteiger partial charge in [-0.3, -0.25) is 9.59 Å². The van der Waals surface area contributed by atoms with E-state index in [1.54, 1.807) is 18.7 Å². The molecule has 0 saturated heterocycles. The Morgan fingerprint density at radius 2 is 2.21 bits per heavy atom. The zero-order valence-corrected chi connectivity index (χ0v) is 11.7. The molecule has 0 atom stereocenters. The highest BCUT2D eigenvalue weighted by Gasteiger charge is 2.19. The van der Waals surface area contributed by atoms with Gasteiger partial charge in [0.15, 0.2) is 0 Å². The van der Waals surface area contributed by atoms with Gasteiger partial charge in [-0.1, -0.05) is 0 Å². The molecule has 1 aliphatic rings. The maximum atomic E-state index is 11.5. The molecule has 0 radical (unpaired) electrons. The number of nitrogens with zero attached hydrogens (tertiary/aromatic N) is 1. The van der Waals surface area contributed by atoms with E-state index in [1.165, 1.54) is 5.56 Å². The second kappa shape index (κ2) is 6.10. The summed E-state index contributed by atoms with van der Waals surface area (Å²) in [6.07, 6.45) is 2.13. The SMILES string of the molecule is CC(=O)N1CCCc2cc(SCCC(=O)O)ccc21. The van der Waals surface area contributed by atoms with Crippen molar-refractivity contribution in [2.24, 2.45) is 0 Å². The third-order valence-electron chi connectivity index (χ3n) is 3.13. The van der Waals surface area contributed by atoms with Crippen molar-refractivity contribution in [2.45, 2.75) is 31.1 Å². The van der Waals surface area contributed by atoms with Crippen LogP contribution in [0.2, 0.25) is 0 Å². The molecule has 0 aliphatic carbocycles. The minimum Gasteiger partial charge on any atom is -0.481 e. The number of benzene rings is 1. The van der Waals surface area contributed by atoms with Crippen molar-refractivity contribution in [2.75, 3.05) is 17.2 Å². The van der Waals surface area contributed by atoms with Crippen molar-refractivity contribution < 1.29 is 14.7 Å². The Morgan fingerprint density at radius 3 is 2.89 bits per heavy atom. The van der Waals surface area contributed by atoms with Crippen LogP contribution >= 0.6 is 11.8 Å². The molecule has 1 amide bonds. The molecule has 1 aromatic rings. The Balaban J connectivity index is 2.10. The van der Waals surface area contributed by atoms with Gasteiger partial charge in [0.05, 0.1) is 6.42 Å². The highest BCUT2D eigenvalue weighted by Crippen LogP contribution is 2.31. The molecule has 1 aliphatic heterocycles. The summed E-state index contributed by atoms with van der Waals surface area (Å²) in [4.78, 5) is 24.9. The van der Waals surface area contributed by atoms with Crippen LogP contribution in [0.5, 0.6) is 0 Å². The molecule has 0 unspecified atom stereocenters. The molecule has 0 saturated carbocycles. The van der Waals surface area contributed by atoms with Crippen LogP contribution in [0, 0.1) is 0 Å². The average molecular weight is 279 g/mol. The number of aryl methyl sites for hydroxylation is 1. The Kier molecular flexibility index (Phi) is 4.47. The van der Waals surface area contributed by atoms with Crippen molar-refractivity contribution in [3.8, 4) is 0 Å². The summed E-state index contributed by atoms with van der Waals surface area (Å²) >= 11 is 1.55. The summed E-state index contributed by atoms with van der Waals surface area (Å²) < 4.78 is 0. The van der Waals surface area contributed by atoms with E-state index in [0.717, 1.165) is 30.0 Å². The topological polar surface area (TPSA) is 57.6 Å². The van der Waals surface area contributed by atoms with Gasteiger partial charge in [0, 0.05) is 29.8 Å². The van der Waals surface area contributed by atoms with E-state index < -0.39 is 5.97 Å². The first-order chi connectivity index (χ1) is 9.08. The number of anilines is 1. The fourth-order valence-corrected chi connectivity index (χ4v) is 3.15. The van der Waals surface area contributed by atoms with E-state index in [1.807, 2.05) is 17.0 Å². The molecule has 0 fully saturated rings. The predicted molar refractivity (Wildman–Crippen MR) is 75.8 cm³/mol. The molecular weight excluding hydrogens is 262 g/mol. The number of amides is 1. The van der Waals surface area contributed by atoms with E-state index in [4.69, 9.17) is 5.11 Å². The molecule has 0 spiro atoms. The Bertz CT molecular complexity index is 501. The fourth-order valence-electron chi connectivity index (χ4n) is 2.25. The van der Waals surface area contributed by atoms with Gasteiger partial charge in [-0.25, -0.2) is 0 Å². The van der Waals surface area contributed by atoms with Crippen molar-refractivity contribution in [1.29, 1.82) is 0 Å². The number of hydrogen-bond acceptors (Lipinski definition) is 3. The number of carbonyl (C=O) groups excluding carboxylic acids is 1. The number of hydrogen-bond donors (Lipinski definition) is 1. The highest BCUT2D eigenvalue weighted by molar-refractivity contribution is 7.99. The van der Waals surface area contributed by atoms with Crippen LogP contribution in [0.4, 0.5) is 5.69 Å². The van der Waals surface area contributed by atoms with Crippen LogP contribution in [0.3, 0.4) is 0 Å². The van der Waals surface area contributed by atoms with Gasteiger partial charge in [0.2, 0.25) is 5.91 Å². The lowest BCUT2D eigenvalue weighted by Crippen LogP contribution is -2.33. The molecule has 1 heterocycles. The average Bonchev–Trinajstić information content (AvgIpc) is 2.37. The lowest BCUT2D eigenvalue weighted by molar-refractivity contribution is -0.136. The van der Waals surface area contributed by atoms with E-state index in [0.29, 0.717) is 5.75 Å². The maximum Gasteiger partial charge on any atom is 0.304 e. The van der Waals surface area contributed by atoms with Gasteiger partial charge in [0.25, 0.3) is 0 Å². The molecule has 102 valence electrons. The van der Waals surface area contributed by atoms with Crippen molar-refractivity contribution in [1.82, 2.24) is 0 Å². The van der Waals surface area contributed by atoms with E-state index in [-0.39, 0.29) is 12.3 Å². The van der Waals surface area contributed by atoms with Gasteiger partial charge >= 0.3 is 5.97 Å². The summed E-state index contributed by atoms with van der Waals surface area (Å²) in [6, 6.07) is 6.02. The fraction of sp³-hybridized carbons (Fsp3) is 0.429. The maximum absolute atomic E-state index is 11.5. The van der Waals surface area contributed by atoms with E-state index in [9.17, 15) is 9.59 Å². The first kappa shape index (κ1) is 13.9. The van der Waals surface area contributed by atoms with E-state index >= 15 is 0 Å². The quantitative estimate of drug-likeness (QED) is 0.861. The standard InChI is InChI=1S/C14H17NO3S/c1-10(16)15-7-2-3-11-9-12(4-5-13(11)15)19-8-6-14(17)18/h4-5,9H,2-3,6-8H2,1H3,(H,17,18). The molecular formula is C14H17NO3S. The first-order valence-electron chi connectivity index (χ1n) is 6.33. The first-order valence-corrected chi connectivity index (χ1v) is 7.32. The van der Waals surface area contributed by atoms with Gasteiger partial charge in [0.1, 0.15) is 0 Å². The number of fused-ring (bicyclic) bond motifs is 1. The number of carboxylic acids is 1. The summed E-state index contributed by atoms with van der Waals surface area (Å²) in [5.41, 5.74) is 2.18. The van der Waals surface area contributed by atoms with Crippen LogP contribution in [-0.2, 0) is 16.0 Å². The van der Waals surface area contributed by atoms with Crippen LogP contribution in [-0.4, -0.2) is 29.3 Å². The minimum atomic E-state index is -0.770. The number of thioether (sulfide) groups is 1. The van der Waals surface area contributed by atoms with Crippen LogP contribution in [0.25, 0.3) is 0 Å². The second-order valence-corrected chi connectivity index (χ2v) is 5.73. The summed E-state index contributed by atoms with van der Waals surface area (Å²) in [7, 11) is 0. The van der Waals surface area contributed by atoms with Crippen molar-refractivity contribution >= 4 is 29.3 Å². The molecule has 2 rings (SSSR count). The predicted octanol–water partition coefficient (Wildman–Crippen LogP) is 2.55. The van der Waals surface area contributed by atoms with Crippen LogP contribution in [0.1, 0.15) is 25.3 Å². The summed E-state index contributed by atoms with van der Waals surface area (Å²) in [5, 5.41) is 8.62. The molecule has 5 heteroatoms. The van der Waals surface area contributed by atoms with Crippen molar-refractivity contribution in [3.63, 3.8) is 0 Å². The molecule has 0 aromatic heterocycles. The highest BCUT2D eigenvalue weighted by atomic mass is 32.2. The number of aliphatic carboxylic acids is 1. The number of rotatable bonds is 4. The smallest absolute Gasteiger partial charge is 0.304 e. The summed E-state index contributed by atoms with van der Waals surface area (Å²) in [6.45, 7) is 2.37. The third-order valence-corrected chi connectivity index (χ3v) is 4.13. The van der Waals surface area contributed by atoms with E-state index in [2.05, 4.69) is 6.07 Å². The normalized spacial score (nSPS) is 14.1. The Hall–Kier alpha value is -1.49. The summed E-state index contributed by atoms with van der Waals surface area (Å²) in [5.74, 6) is -0.120. The zero-order chi connectivity index (χ0) is 13.8. The largest absolute Gasteiger partial charge is 0.481 e. The molecule has 1 N–H and O–H groups in total. The molecule has 0 bridgehead atoms. The molecule has 1 aromatic carbocycles. The van der Waals surface area contributed by atoms with Gasteiger partial charge in [-0.2, -0.15) is 0 Å². The second-order valence-electron chi connectivity index (χ2n) is 4.56. The molecule has 4 nitrogen and oxygen atoms in total. The number of carboxylic acid groups (broad SMARTS) is 1. The minimum absolute atomic E-state index is 0.0761. The van der Waals surface area contributed by atoms with Gasteiger partial charge in [-0.05, 0) is 36.6 Å². The van der Waals surface area contributed by atoms with Crippen LogP contribution in [0.15, 0.2) is 23.1 Å². The van der Waals surface area contributed by atoms with Crippen LogP contribution < -0.4 is 4.90 Å². The Morgan fingerprint density at radius 1 is 1.42 bits per heavy atom. The number of carbonyl (C=O) groups is 2. The monoisotopic (exact) mass is 279 g/mol. The Labute approximate surface area is 116 Å². The van der Waals surface area contributed by atoms with Gasteiger partial charge < -0.3 is 10.0 Å².